The molecule has 0 bridgehead atoms. The highest BCUT2D eigenvalue weighted by molar-refractivity contribution is 5.79. The van der Waals surface area contributed by atoms with Gasteiger partial charge in [-0.2, -0.15) is 0 Å². The van der Waals surface area contributed by atoms with Crippen molar-refractivity contribution >= 4 is 16.7 Å². The fraction of sp³-hybridized carbons (Fsp3) is 0.188. The van der Waals surface area contributed by atoms with Gasteiger partial charge < -0.3 is 10.3 Å². The van der Waals surface area contributed by atoms with Crippen LogP contribution in [0.4, 0.5) is 10.1 Å². The van der Waals surface area contributed by atoms with Gasteiger partial charge in [0.1, 0.15) is 11.6 Å². The molecule has 0 radical (unpaired) electrons. The van der Waals surface area contributed by atoms with Gasteiger partial charge in [0.05, 0.1) is 11.0 Å². The number of hydrogen-bond acceptors (Lipinski definition) is 2. The van der Waals surface area contributed by atoms with Gasteiger partial charge >= 0.3 is 0 Å². The van der Waals surface area contributed by atoms with E-state index in [4.69, 9.17) is 5.73 Å². The van der Waals surface area contributed by atoms with Gasteiger partial charge in [-0.15, -0.1) is 0 Å². The minimum Gasteiger partial charge on any atom is -0.399 e. The molecule has 1 heterocycles. The van der Waals surface area contributed by atoms with Crippen LogP contribution < -0.4 is 5.73 Å². The molecule has 0 saturated carbocycles. The first-order valence-corrected chi connectivity index (χ1v) is 6.66. The second-order valence-electron chi connectivity index (χ2n) is 4.85. The average Bonchev–Trinajstić information content (AvgIpc) is 2.76. The van der Waals surface area contributed by atoms with E-state index in [0.717, 1.165) is 28.8 Å². The van der Waals surface area contributed by atoms with Crippen LogP contribution >= 0.6 is 0 Å². The Balaban J connectivity index is 2.10. The summed E-state index contributed by atoms with van der Waals surface area (Å²) in [5, 5.41) is 0. The number of aromatic nitrogens is 2. The molecule has 0 saturated heterocycles. The molecule has 2 aromatic carbocycles. The highest BCUT2D eigenvalue weighted by Crippen LogP contribution is 2.21. The second kappa shape index (κ2) is 4.96. The molecule has 0 aliphatic rings. The van der Waals surface area contributed by atoms with Crippen LogP contribution in [0.25, 0.3) is 11.0 Å². The summed E-state index contributed by atoms with van der Waals surface area (Å²) in [5.41, 5.74) is 9.34. The van der Waals surface area contributed by atoms with Gasteiger partial charge in [0, 0.05) is 18.7 Å². The Morgan fingerprint density at radius 1 is 1.20 bits per heavy atom. The van der Waals surface area contributed by atoms with E-state index in [0.29, 0.717) is 12.2 Å². The number of halogens is 1. The normalized spacial score (nSPS) is 11.1. The first kappa shape index (κ1) is 12.7. The highest BCUT2D eigenvalue weighted by Gasteiger charge is 2.10. The molecule has 0 spiro atoms. The van der Waals surface area contributed by atoms with E-state index in [1.54, 1.807) is 12.1 Å². The smallest absolute Gasteiger partial charge is 0.123 e. The SMILES string of the molecule is CCc1nc2cc(N)ccc2n1Cc1cccc(F)c1. The maximum atomic E-state index is 13.3. The monoisotopic (exact) mass is 269 g/mol. The van der Waals surface area contributed by atoms with Crippen LogP contribution in [0.2, 0.25) is 0 Å². The van der Waals surface area contributed by atoms with E-state index in [1.807, 2.05) is 24.3 Å². The Morgan fingerprint density at radius 3 is 2.80 bits per heavy atom. The van der Waals surface area contributed by atoms with E-state index in [-0.39, 0.29) is 5.82 Å². The number of imidazole rings is 1. The summed E-state index contributed by atoms with van der Waals surface area (Å²) in [4.78, 5) is 4.60. The van der Waals surface area contributed by atoms with Crippen LogP contribution in [0.3, 0.4) is 0 Å². The zero-order valence-corrected chi connectivity index (χ0v) is 11.3. The van der Waals surface area contributed by atoms with Crippen molar-refractivity contribution in [2.75, 3.05) is 5.73 Å². The van der Waals surface area contributed by atoms with Crippen LogP contribution in [-0.4, -0.2) is 9.55 Å². The summed E-state index contributed by atoms with van der Waals surface area (Å²) >= 11 is 0. The second-order valence-corrected chi connectivity index (χ2v) is 4.85. The number of hydrogen-bond donors (Lipinski definition) is 1. The van der Waals surface area contributed by atoms with Gasteiger partial charge in [-0.25, -0.2) is 9.37 Å². The maximum Gasteiger partial charge on any atom is 0.123 e. The zero-order valence-electron chi connectivity index (χ0n) is 11.3. The standard InChI is InChI=1S/C16H16FN3/c1-2-16-19-14-9-13(18)6-7-15(14)20(16)10-11-4-3-5-12(17)8-11/h3-9H,2,10,18H2,1H3. The molecular formula is C16H16FN3. The number of nitrogen functional groups attached to an aromatic ring is 1. The van der Waals surface area contributed by atoms with Crippen molar-refractivity contribution in [3.63, 3.8) is 0 Å². The highest BCUT2D eigenvalue weighted by atomic mass is 19.1. The molecule has 2 N–H and O–H groups in total. The molecule has 1 aromatic heterocycles. The van der Waals surface area contributed by atoms with Crippen LogP contribution in [0, 0.1) is 5.82 Å². The van der Waals surface area contributed by atoms with Gasteiger partial charge in [-0.3, -0.25) is 0 Å². The zero-order chi connectivity index (χ0) is 14.1. The van der Waals surface area contributed by atoms with E-state index in [2.05, 4.69) is 16.5 Å². The third-order valence-electron chi connectivity index (χ3n) is 3.40. The van der Waals surface area contributed by atoms with Crippen molar-refractivity contribution in [1.82, 2.24) is 9.55 Å². The fourth-order valence-corrected chi connectivity index (χ4v) is 2.46. The van der Waals surface area contributed by atoms with Gasteiger partial charge in [0.15, 0.2) is 0 Å². The topological polar surface area (TPSA) is 43.8 Å². The van der Waals surface area contributed by atoms with E-state index in [9.17, 15) is 4.39 Å². The van der Waals surface area contributed by atoms with Crippen molar-refractivity contribution < 1.29 is 4.39 Å². The molecule has 3 rings (SSSR count). The average molecular weight is 269 g/mol. The first-order valence-electron chi connectivity index (χ1n) is 6.66. The van der Waals surface area contributed by atoms with Gasteiger partial charge in [-0.05, 0) is 35.9 Å². The number of nitrogens with two attached hydrogens (primary N) is 1. The molecule has 20 heavy (non-hydrogen) atoms. The van der Waals surface area contributed by atoms with E-state index in [1.165, 1.54) is 6.07 Å². The number of fused-ring (bicyclic) bond motifs is 1. The molecule has 3 aromatic rings. The van der Waals surface area contributed by atoms with E-state index >= 15 is 0 Å². The minimum atomic E-state index is -0.214. The van der Waals surface area contributed by atoms with Crippen LogP contribution in [0.1, 0.15) is 18.3 Å². The first-order chi connectivity index (χ1) is 9.67. The van der Waals surface area contributed by atoms with Crippen LogP contribution in [-0.2, 0) is 13.0 Å². The predicted octanol–water partition coefficient (Wildman–Crippen LogP) is 3.37. The Kier molecular flexibility index (Phi) is 3.14. The lowest BCUT2D eigenvalue weighted by Gasteiger charge is -2.08. The van der Waals surface area contributed by atoms with E-state index < -0.39 is 0 Å². The summed E-state index contributed by atoms with van der Waals surface area (Å²) in [6.45, 7) is 2.67. The van der Waals surface area contributed by atoms with Crippen molar-refractivity contribution in [1.29, 1.82) is 0 Å². The molecule has 4 heteroatoms. The molecule has 0 fully saturated rings. The summed E-state index contributed by atoms with van der Waals surface area (Å²) < 4.78 is 15.4. The number of aryl methyl sites for hydroxylation is 1. The Bertz CT molecular complexity index is 762. The minimum absolute atomic E-state index is 0.214. The summed E-state index contributed by atoms with van der Waals surface area (Å²) in [6, 6.07) is 12.4. The largest absolute Gasteiger partial charge is 0.399 e. The molecule has 0 amide bonds. The summed E-state index contributed by atoms with van der Waals surface area (Å²) in [5.74, 6) is 0.768. The molecule has 0 unspecified atom stereocenters. The molecule has 0 atom stereocenters. The van der Waals surface area contributed by atoms with Crippen molar-refractivity contribution in [3.8, 4) is 0 Å². The maximum absolute atomic E-state index is 13.3. The third kappa shape index (κ3) is 2.25. The molecule has 0 aliphatic carbocycles. The number of rotatable bonds is 3. The fourth-order valence-electron chi connectivity index (χ4n) is 2.46. The lowest BCUT2D eigenvalue weighted by molar-refractivity contribution is 0.623. The number of nitrogens with zero attached hydrogens (tertiary/aromatic N) is 2. The quantitative estimate of drug-likeness (QED) is 0.741. The Morgan fingerprint density at radius 2 is 2.05 bits per heavy atom. The lowest BCUT2D eigenvalue weighted by atomic mass is 10.2. The summed E-state index contributed by atoms with van der Waals surface area (Å²) in [7, 11) is 0. The Labute approximate surface area is 116 Å². The molecular weight excluding hydrogens is 253 g/mol. The van der Waals surface area contributed by atoms with Gasteiger partial charge in [-0.1, -0.05) is 19.1 Å². The van der Waals surface area contributed by atoms with Gasteiger partial charge in [0.25, 0.3) is 0 Å². The van der Waals surface area contributed by atoms with Crippen molar-refractivity contribution in [3.05, 3.63) is 59.7 Å². The van der Waals surface area contributed by atoms with Crippen LogP contribution in [0.5, 0.6) is 0 Å². The predicted molar refractivity (Wildman–Crippen MR) is 79.0 cm³/mol. The van der Waals surface area contributed by atoms with Crippen molar-refractivity contribution in [2.45, 2.75) is 19.9 Å². The molecule has 102 valence electrons. The summed E-state index contributed by atoms with van der Waals surface area (Å²) in [6.07, 6.45) is 0.823. The Hall–Kier alpha value is -2.36. The molecule has 0 aliphatic heterocycles. The van der Waals surface area contributed by atoms with Crippen LogP contribution in [0.15, 0.2) is 42.5 Å². The third-order valence-corrected chi connectivity index (χ3v) is 3.40. The van der Waals surface area contributed by atoms with Gasteiger partial charge in [0.2, 0.25) is 0 Å². The lowest BCUT2D eigenvalue weighted by Crippen LogP contribution is -2.04. The van der Waals surface area contributed by atoms with Crippen molar-refractivity contribution in [2.24, 2.45) is 0 Å². The molecule has 3 nitrogen and oxygen atoms in total. The number of benzene rings is 2. The number of anilines is 1.